The number of rotatable bonds is 8. The third-order valence-electron chi connectivity index (χ3n) is 5.58. The van der Waals surface area contributed by atoms with Gasteiger partial charge in [-0.1, -0.05) is 32.0 Å². The summed E-state index contributed by atoms with van der Waals surface area (Å²) in [4.78, 5) is 33.3. The molecule has 0 radical (unpaired) electrons. The molecule has 3 rings (SSSR count). The Kier molecular flexibility index (Phi) is 8.44. The Morgan fingerprint density at radius 1 is 1.00 bits per heavy atom. The number of anilines is 1. The third kappa shape index (κ3) is 6.20. The summed E-state index contributed by atoms with van der Waals surface area (Å²) in [6.45, 7) is 8.08. The van der Waals surface area contributed by atoms with E-state index in [1.165, 1.54) is 0 Å². The van der Waals surface area contributed by atoms with Gasteiger partial charge in [0.05, 0.1) is 18.8 Å². The van der Waals surface area contributed by atoms with Crippen LogP contribution in [-0.4, -0.2) is 68.1 Å². The monoisotopic (exact) mass is 439 g/mol. The number of nitrogens with one attached hydrogen (secondary N) is 2. The van der Waals surface area contributed by atoms with Crippen LogP contribution >= 0.6 is 0 Å². The molecule has 0 saturated carbocycles. The molecular formula is C24H33N5O3. The lowest BCUT2D eigenvalue weighted by Crippen LogP contribution is -2.51. The third-order valence-corrected chi connectivity index (χ3v) is 5.58. The lowest BCUT2D eigenvalue weighted by molar-refractivity contribution is -0.139. The zero-order chi connectivity index (χ0) is 22.9. The van der Waals surface area contributed by atoms with E-state index in [0.717, 1.165) is 43.2 Å². The van der Waals surface area contributed by atoms with Gasteiger partial charge in [-0.2, -0.15) is 0 Å². The zero-order valence-corrected chi connectivity index (χ0v) is 19.1. The van der Waals surface area contributed by atoms with Gasteiger partial charge in [-0.15, -0.1) is 0 Å². The largest absolute Gasteiger partial charge is 0.495 e. The summed E-state index contributed by atoms with van der Waals surface area (Å²) in [5, 5.41) is 5.47. The number of methoxy groups -OCH3 is 1. The topological polar surface area (TPSA) is 86.8 Å². The summed E-state index contributed by atoms with van der Waals surface area (Å²) in [5.74, 6) is -0.0457. The minimum atomic E-state index is -0.604. The quantitative estimate of drug-likeness (QED) is 0.611. The summed E-state index contributed by atoms with van der Waals surface area (Å²) in [6, 6.07) is 11.9. The molecule has 172 valence electrons. The van der Waals surface area contributed by atoms with Crippen LogP contribution in [0.25, 0.3) is 0 Å². The van der Waals surface area contributed by atoms with Crippen molar-refractivity contribution >= 4 is 17.5 Å². The van der Waals surface area contributed by atoms with E-state index in [-0.39, 0.29) is 12.0 Å². The van der Waals surface area contributed by atoms with Gasteiger partial charge in [-0.25, -0.2) is 0 Å². The molecule has 8 heteroatoms. The Morgan fingerprint density at radius 3 is 2.31 bits per heavy atom. The van der Waals surface area contributed by atoms with Gasteiger partial charge in [-0.3, -0.25) is 19.5 Å². The van der Waals surface area contributed by atoms with Gasteiger partial charge in [0, 0.05) is 51.7 Å². The first kappa shape index (κ1) is 23.5. The molecule has 1 aromatic heterocycles. The maximum Gasteiger partial charge on any atom is 0.309 e. The molecule has 0 aliphatic carbocycles. The van der Waals surface area contributed by atoms with Gasteiger partial charge in [-0.05, 0) is 29.7 Å². The first-order valence-corrected chi connectivity index (χ1v) is 11.1. The highest BCUT2D eigenvalue weighted by Crippen LogP contribution is 2.30. The fourth-order valence-corrected chi connectivity index (χ4v) is 3.84. The van der Waals surface area contributed by atoms with Crippen molar-refractivity contribution in [3.05, 3.63) is 54.4 Å². The van der Waals surface area contributed by atoms with Crippen LogP contribution in [0.1, 0.15) is 25.5 Å². The van der Waals surface area contributed by atoms with E-state index < -0.39 is 11.8 Å². The number of amides is 2. The molecule has 2 amide bonds. The molecule has 0 spiro atoms. The molecule has 0 unspecified atom stereocenters. The smallest absolute Gasteiger partial charge is 0.309 e. The van der Waals surface area contributed by atoms with Crippen molar-refractivity contribution in [1.82, 2.24) is 20.5 Å². The number of nitrogens with zero attached hydrogens (tertiary/aromatic N) is 3. The van der Waals surface area contributed by atoms with Gasteiger partial charge in [0.15, 0.2) is 0 Å². The lowest BCUT2D eigenvalue weighted by atomic mass is 10.1. The van der Waals surface area contributed by atoms with Crippen molar-refractivity contribution in [1.29, 1.82) is 0 Å². The van der Waals surface area contributed by atoms with Crippen LogP contribution in [0.4, 0.5) is 5.69 Å². The van der Waals surface area contributed by atoms with Crippen molar-refractivity contribution in [3.8, 4) is 5.75 Å². The Bertz CT molecular complexity index is 882. The molecule has 32 heavy (non-hydrogen) atoms. The van der Waals surface area contributed by atoms with Crippen molar-refractivity contribution in [2.75, 3.05) is 51.3 Å². The first-order valence-electron chi connectivity index (χ1n) is 11.1. The van der Waals surface area contributed by atoms with Gasteiger partial charge in [0.2, 0.25) is 0 Å². The van der Waals surface area contributed by atoms with Crippen molar-refractivity contribution in [2.45, 2.75) is 19.9 Å². The minimum Gasteiger partial charge on any atom is -0.495 e. The number of hydrogen-bond donors (Lipinski definition) is 2. The summed E-state index contributed by atoms with van der Waals surface area (Å²) in [6.07, 6.45) is 3.56. The van der Waals surface area contributed by atoms with Crippen molar-refractivity contribution < 1.29 is 14.3 Å². The Balaban J connectivity index is 1.64. The second-order valence-corrected chi connectivity index (χ2v) is 8.31. The Hall–Kier alpha value is -3.13. The average Bonchev–Trinajstić information content (AvgIpc) is 2.83. The minimum absolute atomic E-state index is 0.0645. The molecule has 1 saturated heterocycles. The van der Waals surface area contributed by atoms with Gasteiger partial charge in [0.25, 0.3) is 0 Å². The van der Waals surface area contributed by atoms with Gasteiger partial charge < -0.3 is 20.3 Å². The van der Waals surface area contributed by atoms with Crippen LogP contribution in [0.2, 0.25) is 0 Å². The second-order valence-electron chi connectivity index (χ2n) is 8.31. The van der Waals surface area contributed by atoms with E-state index in [1.54, 1.807) is 13.3 Å². The van der Waals surface area contributed by atoms with E-state index in [1.807, 2.05) is 50.4 Å². The number of carbonyl (C=O) groups is 2. The standard InChI is InChI=1S/C24H33N5O3/c1-18(2)15-26-23(30)24(31)27-17-21(19-7-6-10-25-16-19)29-13-11-28(12-14-29)20-8-4-5-9-22(20)32-3/h4-10,16,18,21H,11-15,17H2,1-3H3,(H,26,30)(H,27,31)/t21-/m0/s1. The van der Waals surface area contributed by atoms with Crippen LogP contribution in [-0.2, 0) is 9.59 Å². The molecule has 8 nitrogen and oxygen atoms in total. The highest BCUT2D eigenvalue weighted by atomic mass is 16.5. The molecule has 0 bridgehead atoms. The molecule has 1 atom stereocenters. The van der Waals surface area contributed by atoms with E-state index in [4.69, 9.17) is 4.74 Å². The maximum absolute atomic E-state index is 12.3. The van der Waals surface area contributed by atoms with E-state index in [2.05, 4.69) is 31.5 Å². The molecule has 2 N–H and O–H groups in total. The number of ether oxygens (including phenoxy) is 1. The van der Waals surface area contributed by atoms with Gasteiger partial charge in [0.1, 0.15) is 5.75 Å². The Labute approximate surface area is 190 Å². The maximum atomic E-state index is 12.3. The number of para-hydroxylation sites is 2. The summed E-state index contributed by atoms with van der Waals surface area (Å²) < 4.78 is 5.52. The van der Waals surface area contributed by atoms with Gasteiger partial charge >= 0.3 is 11.8 Å². The summed E-state index contributed by atoms with van der Waals surface area (Å²) in [7, 11) is 1.69. The Morgan fingerprint density at radius 2 is 1.69 bits per heavy atom. The van der Waals surface area contributed by atoms with E-state index >= 15 is 0 Å². The van der Waals surface area contributed by atoms with E-state index in [0.29, 0.717) is 13.1 Å². The van der Waals surface area contributed by atoms with Crippen LogP contribution in [0.3, 0.4) is 0 Å². The number of piperazine rings is 1. The molecule has 2 aromatic rings. The summed E-state index contributed by atoms with van der Waals surface area (Å²) >= 11 is 0. The fraction of sp³-hybridized carbons (Fsp3) is 0.458. The second kappa shape index (κ2) is 11.5. The average molecular weight is 440 g/mol. The summed E-state index contributed by atoms with van der Waals surface area (Å²) in [5.41, 5.74) is 2.10. The van der Waals surface area contributed by atoms with Crippen LogP contribution < -0.4 is 20.3 Å². The van der Waals surface area contributed by atoms with Crippen molar-refractivity contribution in [2.24, 2.45) is 5.92 Å². The fourth-order valence-electron chi connectivity index (χ4n) is 3.84. The van der Waals surface area contributed by atoms with Crippen molar-refractivity contribution in [3.63, 3.8) is 0 Å². The number of aromatic nitrogens is 1. The van der Waals surface area contributed by atoms with E-state index in [9.17, 15) is 9.59 Å². The highest BCUT2D eigenvalue weighted by molar-refractivity contribution is 6.35. The normalized spacial score (nSPS) is 15.3. The molecule has 1 aliphatic heterocycles. The molecule has 1 fully saturated rings. The SMILES string of the molecule is COc1ccccc1N1CCN([C@@H](CNC(=O)C(=O)NCC(C)C)c2cccnc2)CC1. The first-order chi connectivity index (χ1) is 15.5. The number of carbonyl (C=O) groups excluding carboxylic acids is 2. The van der Waals surface area contributed by atoms with Crippen LogP contribution in [0, 0.1) is 5.92 Å². The molecular weight excluding hydrogens is 406 g/mol. The molecule has 1 aromatic carbocycles. The number of pyridine rings is 1. The predicted octanol–water partition coefficient (Wildman–Crippen LogP) is 1.84. The number of benzene rings is 1. The predicted molar refractivity (Wildman–Crippen MR) is 125 cm³/mol. The number of hydrogen-bond acceptors (Lipinski definition) is 6. The zero-order valence-electron chi connectivity index (χ0n) is 19.1. The molecule has 2 heterocycles. The van der Waals surface area contributed by atoms with Crippen LogP contribution in [0.15, 0.2) is 48.8 Å². The lowest BCUT2D eigenvalue weighted by Gasteiger charge is -2.40. The van der Waals surface area contributed by atoms with Crippen LogP contribution in [0.5, 0.6) is 5.75 Å². The molecule has 1 aliphatic rings. The highest BCUT2D eigenvalue weighted by Gasteiger charge is 2.27.